The summed E-state index contributed by atoms with van der Waals surface area (Å²) in [4.78, 5) is 10.5. The van der Waals surface area contributed by atoms with Gasteiger partial charge in [0, 0.05) is 29.0 Å². The topological polar surface area (TPSA) is 86.5 Å². The van der Waals surface area contributed by atoms with Crippen LogP contribution in [-0.4, -0.2) is 19.9 Å². The van der Waals surface area contributed by atoms with Crippen molar-refractivity contribution in [1.29, 1.82) is 0 Å². The van der Waals surface area contributed by atoms with Crippen molar-refractivity contribution in [2.24, 2.45) is 0 Å². The SMILES string of the molecule is O=[N+]([O-])c1cc2c(c3c1OCC3)S(=O)(=O)C=C2. The van der Waals surface area contributed by atoms with Crippen LogP contribution in [0.3, 0.4) is 0 Å². The number of fused-ring (bicyclic) bond motifs is 3. The fourth-order valence-electron chi connectivity index (χ4n) is 2.18. The van der Waals surface area contributed by atoms with Gasteiger partial charge in [0.05, 0.1) is 16.4 Å². The van der Waals surface area contributed by atoms with Crippen LogP contribution < -0.4 is 4.74 Å². The summed E-state index contributed by atoms with van der Waals surface area (Å²) < 4.78 is 28.7. The fourth-order valence-corrected chi connectivity index (χ4v) is 3.64. The summed E-state index contributed by atoms with van der Waals surface area (Å²) in [5.41, 5.74) is 0.637. The molecule has 2 aliphatic heterocycles. The highest BCUT2D eigenvalue weighted by Crippen LogP contribution is 2.44. The highest BCUT2D eigenvalue weighted by Gasteiger charge is 2.35. The summed E-state index contributed by atoms with van der Waals surface area (Å²) in [5, 5.41) is 11.9. The molecule has 0 radical (unpaired) electrons. The quantitative estimate of drug-likeness (QED) is 0.556. The maximum Gasteiger partial charge on any atom is 0.311 e. The number of nitro benzene ring substituents is 1. The molecule has 0 bridgehead atoms. The Morgan fingerprint density at radius 3 is 2.88 bits per heavy atom. The van der Waals surface area contributed by atoms with E-state index in [9.17, 15) is 18.5 Å². The number of nitrogens with zero attached hydrogens (tertiary/aromatic N) is 1. The van der Waals surface area contributed by atoms with Gasteiger partial charge in [0.1, 0.15) is 0 Å². The number of rotatable bonds is 1. The third kappa shape index (κ3) is 1.29. The maximum atomic E-state index is 11.8. The van der Waals surface area contributed by atoms with Crippen molar-refractivity contribution >= 4 is 21.6 Å². The molecule has 1 aromatic carbocycles. The Morgan fingerprint density at radius 2 is 2.18 bits per heavy atom. The summed E-state index contributed by atoms with van der Waals surface area (Å²) >= 11 is 0. The molecule has 0 saturated heterocycles. The van der Waals surface area contributed by atoms with Crippen LogP contribution in [0.2, 0.25) is 0 Å². The summed E-state index contributed by atoms with van der Waals surface area (Å²) in [6, 6.07) is 1.25. The minimum absolute atomic E-state index is 0.0982. The second-order valence-electron chi connectivity index (χ2n) is 3.83. The van der Waals surface area contributed by atoms with Gasteiger partial charge in [-0.25, -0.2) is 8.42 Å². The molecule has 2 heterocycles. The van der Waals surface area contributed by atoms with Crippen molar-refractivity contribution in [3.05, 3.63) is 32.7 Å². The van der Waals surface area contributed by atoms with E-state index in [-0.39, 0.29) is 22.9 Å². The van der Waals surface area contributed by atoms with Gasteiger partial charge in [-0.05, 0) is 6.08 Å². The van der Waals surface area contributed by atoms with E-state index in [1.807, 2.05) is 0 Å². The molecule has 0 aliphatic carbocycles. The first-order valence-electron chi connectivity index (χ1n) is 4.91. The fraction of sp³-hybridized carbons (Fsp3) is 0.200. The first-order chi connectivity index (χ1) is 8.00. The van der Waals surface area contributed by atoms with E-state index in [2.05, 4.69) is 0 Å². The highest BCUT2D eigenvalue weighted by molar-refractivity contribution is 7.94. The van der Waals surface area contributed by atoms with Crippen molar-refractivity contribution in [1.82, 2.24) is 0 Å². The Hall–Kier alpha value is -1.89. The zero-order valence-electron chi connectivity index (χ0n) is 8.54. The van der Waals surface area contributed by atoms with Gasteiger partial charge in [-0.15, -0.1) is 0 Å². The van der Waals surface area contributed by atoms with Crippen molar-refractivity contribution in [2.45, 2.75) is 11.3 Å². The number of ether oxygens (including phenoxy) is 1. The average Bonchev–Trinajstić information content (AvgIpc) is 2.81. The lowest BCUT2D eigenvalue weighted by molar-refractivity contribution is -0.385. The Labute approximate surface area is 96.6 Å². The van der Waals surface area contributed by atoms with E-state index in [0.29, 0.717) is 17.5 Å². The number of benzene rings is 1. The lowest BCUT2D eigenvalue weighted by Crippen LogP contribution is -2.00. The van der Waals surface area contributed by atoms with Crippen molar-refractivity contribution in [3.8, 4) is 5.75 Å². The molecule has 6 nitrogen and oxygen atoms in total. The lowest BCUT2D eigenvalue weighted by atomic mass is 10.1. The predicted molar refractivity (Wildman–Crippen MR) is 58.5 cm³/mol. The predicted octanol–water partition coefficient (Wildman–Crippen LogP) is 1.29. The van der Waals surface area contributed by atoms with Crippen LogP contribution in [0.25, 0.3) is 6.08 Å². The number of sulfone groups is 1. The van der Waals surface area contributed by atoms with Crippen LogP contribution in [0.5, 0.6) is 5.75 Å². The number of hydrogen-bond acceptors (Lipinski definition) is 5. The molecule has 3 rings (SSSR count). The maximum absolute atomic E-state index is 11.8. The molecule has 2 aliphatic rings. The number of nitro groups is 1. The highest BCUT2D eigenvalue weighted by atomic mass is 32.2. The third-order valence-electron chi connectivity index (χ3n) is 2.84. The van der Waals surface area contributed by atoms with Crippen LogP contribution >= 0.6 is 0 Å². The first-order valence-corrected chi connectivity index (χ1v) is 6.45. The molecule has 0 fully saturated rings. The van der Waals surface area contributed by atoms with Gasteiger partial charge in [0.2, 0.25) is 15.6 Å². The van der Waals surface area contributed by atoms with E-state index in [1.165, 1.54) is 12.1 Å². The van der Waals surface area contributed by atoms with Gasteiger partial charge in [0.15, 0.2) is 0 Å². The Morgan fingerprint density at radius 1 is 1.41 bits per heavy atom. The molecule has 88 valence electrons. The smallest absolute Gasteiger partial charge is 0.311 e. The van der Waals surface area contributed by atoms with Gasteiger partial charge < -0.3 is 4.74 Å². The number of hydrogen-bond donors (Lipinski definition) is 0. The molecule has 0 N–H and O–H groups in total. The zero-order valence-corrected chi connectivity index (χ0v) is 9.36. The van der Waals surface area contributed by atoms with E-state index in [1.54, 1.807) is 0 Å². The molecule has 1 aromatic rings. The second-order valence-corrected chi connectivity index (χ2v) is 5.60. The van der Waals surface area contributed by atoms with Gasteiger partial charge >= 0.3 is 5.69 Å². The van der Waals surface area contributed by atoms with Gasteiger partial charge in [-0.2, -0.15) is 0 Å². The molecule has 0 aromatic heterocycles. The van der Waals surface area contributed by atoms with Crippen LogP contribution in [0.15, 0.2) is 16.4 Å². The molecular formula is C10H7NO5S. The van der Waals surface area contributed by atoms with E-state index in [0.717, 1.165) is 5.41 Å². The van der Waals surface area contributed by atoms with Crippen LogP contribution in [0, 0.1) is 10.1 Å². The second kappa shape index (κ2) is 3.07. The van der Waals surface area contributed by atoms with Gasteiger partial charge in [-0.1, -0.05) is 0 Å². The Balaban J connectivity index is 2.41. The summed E-state index contributed by atoms with van der Waals surface area (Å²) in [5.74, 6) is 0.0982. The Kier molecular flexibility index (Phi) is 1.86. The lowest BCUT2D eigenvalue weighted by Gasteiger charge is -2.06. The standard InChI is InChI=1S/C10H7NO5S/c12-11(13)8-5-6-2-4-17(14,15)10(6)7-1-3-16-9(7)8/h2,4-5H,1,3H2. The zero-order chi connectivity index (χ0) is 12.2. The van der Waals surface area contributed by atoms with E-state index < -0.39 is 14.8 Å². The van der Waals surface area contributed by atoms with Crippen LogP contribution in [-0.2, 0) is 16.3 Å². The Bertz CT molecular complexity index is 674. The summed E-state index contributed by atoms with van der Waals surface area (Å²) in [7, 11) is -3.46. The third-order valence-corrected chi connectivity index (χ3v) is 4.39. The van der Waals surface area contributed by atoms with Crippen LogP contribution in [0.4, 0.5) is 5.69 Å². The molecule has 0 atom stereocenters. The monoisotopic (exact) mass is 253 g/mol. The van der Waals surface area contributed by atoms with Crippen molar-refractivity contribution in [2.75, 3.05) is 6.61 Å². The van der Waals surface area contributed by atoms with Gasteiger partial charge in [-0.3, -0.25) is 10.1 Å². The summed E-state index contributed by atoms with van der Waals surface area (Å²) in [6.07, 6.45) is 1.77. The minimum atomic E-state index is -3.46. The molecule has 0 unspecified atom stereocenters. The molecule has 0 spiro atoms. The van der Waals surface area contributed by atoms with Gasteiger partial charge in [0.25, 0.3) is 0 Å². The minimum Gasteiger partial charge on any atom is -0.486 e. The summed E-state index contributed by atoms with van der Waals surface area (Å²) in [6.45, 7) is 0.280. The van der Waals surface area contributed by atoms with E-state index in [4.69, 9.17) is 4.74 Å². The normalized spacial score (nSPS) is 18.6. The van der Waals surface area contributed by atoms with Crippen molar-refractivity contribution < 1.29 is 18.1 Å². The molecule has 7 heteroatoms. The van der Waals surface area contributed by atoms with Crippen LogP contribution in [0.1, 0.15) is 11.1 Å². The first kappa shape index (κ1) is 10.3. The average molecular weight is 253 g/mol. The molecular weight excluding hydrogens is 246 g/mol. The molecule has 0 amide bonds. The molecule has 0 saturated carbocycles. The molecule has 17 heavy (non-hydrogen) atoms. The van der Waals surface area contributed by atoms with Crippen molar-refractivity contribution in [3.63, 3.8) is 0 Å². The van der Waals surface area contributed by atoms with E-state index >= 15 is 0 Å². The largest absolute Gasteiger partial charge is 0.486 e.